The largest absolute Gasteiger partial charge is 0.388 e. The summed E-state index contributed by atoms with van der Waals surface area (Å²) in [6.07, 6.45) is 9.95. The highest BCUT2D eigenvalue weighted by Crippen LogP contribution is 2.07. The molecule has 23 heavy (non-hydrogen) atoms. The van der Waals surface area contributed by atoms with Gasteiger partial charge in [0.2, 0.25) is 5.91 Å². The molecule has 1 unspecified atom stereocenters. The molecule has 0 aliphatic rings. The second-order valence-electron chi connectivity index (χ2n) is 6.19. The molecular weight excluding hydrogens is 326 g/mol. The number of hydrogen-bond donors (Lipinski definition) is 3. The van der Waals surface area contributed by atoms with Crippen molar-refractivity contribution in [2.24, 2.45) is 11.7 Å². The van der Waals surface area contributed by atoms with Gasteiger partial charge in [0.15, 0.2) is 0 Å². The van der Waals surface area contributed by atoms with E-state index in [1.807, 2.05) is 0 Å². The quantitative estimate of drug-likeness (QED) is 0.347. The van der Waals surface area contributed by atoms with Crippen molar-refractivity contribution < 1.29 is 4.79 Å². The molecule has 0 aromatic heterocycles. The minimum Gasteiger partial charge on any atom is -0.388 e. The van der Waals surface area contributed by atoms with Gasteiger partial charge < -0.3 is 16.4 Å². The van der Waals surface area contributed by atoms with Crippen LogP contribution in [0.3, 0.4) is 0 Å². The Morgan fingerprint density at radius 2 is 1.70 bits per heavy atom. The van der Waals surface area contributed by atoms with Crippen LogP contribution >= 0.6 is 24.4 Å². The third kappa shape index (κ3) is 14.6. The Balaban J connectivity index is 3.50. The average molecular weight is 360 g/mol. The molecule has 4 N–H and O–H groups in total. The molecule has 0 bridgehead atoms. The number of thiocarbonyl (C=S) groups is 2. The average Bonchev–Trinajstić information content (AvgIpc) is 2.52. The van der Waals surface area contributed by atoms with Gasteiger partial charge in [-0.25, -0.2) is 0 Å². The fraction of sp³-hybridized carbons (Fsp3) is 0.824. The van der Waals surface area contributed by atoms with Crippen LogP contribution in [-0.2, 0) is 4.79 Å². The number of hydrogen-bond acceptors (Lipinski definition) is 3. The van der Waals surface area contributed by atoms with Gasteiger partial charge in [-0.3, -0.25) is 4.79 Å². The first kappa shape index (κ1) is 22.2. The van der Waals surface area contributed by atoms with Crippen molar-refractivity contribution in [1.29, 1.82) is 0 Å². The molecule has 6 heteroatoms. The second-order valence-corrected chi connectivity index (χ2v) is 7.04. The third-order valence-corrected chi connectivity index (χ3v) is 4.49. The lowest BCUT2D eigenvalue weighted by atomic mass is 10.1. The van der Waals surface area contributed by atoms with Gasteiger partial charge in [0.1, 0.15) is 9.98 Å². The number of carbonyl (C=O) groups excluding carboxylic acids is 1. The summed E-state index contributed by atoms with van der Waals surface area (Å²) < 4.78 is 0. The summed E-state index contributed by atoms with van der Waals surface area (Å²) in [5.41, 5.74) is 5.41. The van der Waals surface area contributed by atoms with E-state index in [2.05, 4.69) is 24.5 Å². The standard InChI is InChI=1S/C17H33N3OS2/c1-3-4-5-6-7-8-11-15(21)20-13-14(2)10-9-12-19-17(23)16(18)22/h14H,3-13H2,1-2H3,(H2,18,22)(H,19,23)(H,20,21). The topological polar surface area (TPSA) is 67.2 Å². The first-order valence-electron chi connectivity index (χ1n) is 8.81. The number of rotatable bonds is 13. The van der Waals surface area contributed by atoms with Crippen LogP contribution < -0.4 is 16.4 Å². The van der Waals surface area contributed by atoms with E-state index in [4.69, 9.17) is 30.2 Å². The van der Waals surface area contributed by atoms with Gasteiger partial charge >= 0.3 is 0 Å². The molecule has 0 rings (SSSR count). The SMILES string of the molecule is CCCCCCCCC(=O)NCC(C)CCCNC(=S)C(N)=S. The fourth-order valence-electron chi connectivity index (χ4n) is 2.28. The normalized spacial score (nSPS) is 11.7. The second kappa shape index (κ2) is 14.8. The van der Waals surface area contributed by atoms with E-state index >= 15 is 0 Å². The van der Waals surface area contributed by atoms with Gasteiger partial charge in [-0.15, -0.1) is 0 Å². The monoisotopic (exact) mass is 359 g/mol. The van der Waals surface area contributed by atoms with Crippen LogP contribution in [0.4, 0.5) is 0 Å². The van der Waals surface area contributed by atoms with Gasteiger partial charge in [0.25, 0.3) is 0 Å². The summed E-state index contributed by atoms with van der Waals surface area (Å²) >= 11 is 9.76. The van der Waals surface area contributed by atoms with Crippen molar-refractivity contribution in [2.45, 2.75) is 71.6 Å². The fourth-order valence-corrected chi connectivity index (χ4v) is 2.46. The minimum atomic E-state index is 0.181. The molecule has 4 nitrogen and oxygen atoms in total. The van der Waals surface area contributed by atoms with Crippen LogP contribution in [0.5, 0.6) is 0 Å². The van der Waals surface area contributed by atoms with Crippen LogP contribution in [0.15, 0.2) is 0 Å². The number of unbranched alkanes of at least 4 members (excludes halogenated alkanes) is 5. The first-order valence-corrected chi connectivity index (χ1v) is 9.63. The van der Waals surface area contributed by atoms with Gasteiger partial charge in [0.05, 0.1) is 0 Å². The molecular formula is C17H33N3OS2. The molecule has 0 aliphatic heterocycles. The molecule has 0 aromatic carbocycles. The first-order chi connectivity index (χ1) is 11.0. The molecule has 0 radical (unpaired) electrons. The van der Waals surface area contributed by atoms with Gasteiger partial charge in [-0.05, 0) is 25.2 Å². The maximum atomic E-state index is 11.8. The summed E-state index contributed by atoms with van der Waals surface area (Å²) in [6.45, 7) is 5.88. The predicted molar refractivity (Wildman–Crippen MR) is 107 cm³/mol. The highest BCUT2D eigenvalue weighted by molar-refractivity contribution is 7.89. The Hall–Kier alpha value is -0.750. The van der Waals surface area contributed by atoms with E-state index in [1.165, 1.54) is 25.7 Å². The van der Waals surface area contributed by atoms with Gasteiger partial charge in [0, 0.05) is 19.5 Å². The van der Waals surface area contributed by atoms with Crippen LogP contribution in [0.1, 0.15) is 71.6 Å². The van der Waals surface area contributed by atoms with Crippen LogP contribution in [-0.4, -0.2) is 29.0 Å². The summed E-state index contributed by atoms with van der Waals surface area (Å²) in [6, 6.07) is 0. The van der Waals surface area contributed by atoms with E-state index in [-0.39, 0.29) is 10.9 Å². The van der Waals surface area contributed by atoms with E-state index in [0.717, 1.165) is 38.8 Å². The zero-order chi connectivity index (χ0) is 17.5. The summed E-state index contributed by atoms with van der Waals surface area (Å²) in [4.78, 5) is 12.5. The maximum Gasteiger partial charge on any atom is 0.220 e. The number of amides is 1. The number of nitrogens with one attached hydrogen (secondary N) is 2. The van der Waals surface area contributed by atoms with Crippen LogP contribution in [0, 0.1) is 5.92 Å². The molecule has 0 aromatic rings. The van der Waals surface area contributed by atoms with E-state index < -0.39 is 0 Å². The van der Waals surface area contributed by atoms with Crippen molar-refractivity contribution in [3.05, 3.63) is 0 Å². The van der Waals surface area contributed by atoms with E-state index in [9.17, 15) is 4.79 Å². The summed E-state index contributed by atoms with van der Waals surface area (Å²) in [5, 5.41) is 6.06. The predicted octanol–water partition coefficient (Wildman–Crippen LogP) is 3.47. The van der Waals surface area contributed by atoms with Crippen LogP contribution in [0.25, 0.3) is 0 Å². The smallest absolute Gasteiger partial charge is 0.220 e. The molecule has 0 saturated carbocycles. The molecule has 0 aliphatic carbocycles. The van der Waals surface area contributed by atoms with Gasteiger partial charge in [-0.2, -0.15) is 0 Å². The maximum absolute atomic E-state index is 11.8. The van der Waals surface area contributed by atoms with Crippen molar-refractivity contribution >= 4 is 40.3 Å². The molecule has 0 fully saturated rings. The molecule has 1 atom stereocenters. The molecule has 1 amide bonds. The van der Waals surface area contributed by atoms with Crippen molar-refractivity contribution in [3.8, 4) is 0 Å². The van der Waals surface area contributed by atoms with Gasteiger partial charge in [-0.1, -0.05) is 70.4 Å². The third-order valence-electron chi connectivity index (χ3n) is 3.79. The van der Waals surface area contributed by atoms with Crippen molar-refractivity contribution in [1.82, 2.24) is 10.6 Å². The Morgan fingerprint density at radius 1 is 1.04 bits per heavy atom. The molecule has 0 spiro atoms. The lowest BCUT2D eigenvalue weighted by Gasteiger charge is -2.13. The lowest BCUT2D eigenvalue weighted by molar-refractivity contribution is -0.121. The Bertz CT molecular complexity index is 362. The highest BCUT2D eigenvalue weighted by atomic mass is 32.1. The Labute approximate surface area is 152 Å². The van der Waals surface area contributed by atoms with Crippen LogP contribution in [0.2, 0.25) is 0 Å². The summed E-state index contributed by atoms with van der Waals surface area (Å²) in [5.74, 6) is 0.642. The van der Waals surface area contributed by atoms with Crippen molar-refractivity contribution in [2.75, 3.05) is 13.1 Å². The zero-order valence-corrected chi connectivity index (χ0v) is 16.3. The summed E-state index contributed by atoms with van der Waals surface area (Å²) in [7, 11) is 0. The Morgan fingerprint density at radius 3 is 2.35 bits per heavy atom. The van der Waals surface area contributed by atoms with Crippen molar-refractivity contribution in [3.63, 3.8) is 0 Å². The highest BCUT2D eigenvalue weighted by Gasteiger charge is 2.06. The zero-order valence-electron chi connectivity index (χ0n) is 14.7. The van der Waals surface area contributed by atoms with E-state index in [1.54, 1.807) is 0 Å². The molecule has 134 valence electrons. The Kier molecular flexibility index (Phi) is 14.3. The van der Waals surface area contributed by atoms with E-state index in [0.29, 0.717) is 17.3 Å². The molecule has 0 heterocycles. The minimum absolute atomic E-state index is 0.181. The molecule has 0 saturated heterocycles. The number of nitrogens with two attached hydrogens (primary N) is 1. The lowest BCUT2D eigenvalue weighted by Crippen LogP contribution is -2.34. The number of carbonyl (C=O) groups is 1.